The van der Waals surface area contributed by atoms with Gasteiger partial charge in [-0.3, -0.25) is 9.59 Å². The zero-order chi connectivity index (χ0) is 17.3. The molecular weight excluding hydrogens is 310 g/mol. The quantitative estimate of drug-likeness (QED) is 0.852. The minimum absolute atomic E-state index is 0.105. The molecule has 0 saturated heterocycles. The second-order valence-electron chi connectivity index (χ2n) is 5.61. The summed E-state index contributed by atoms with van der Waals surface area (Å²) in [5.74, 6) is -0.428. The predicted molar refractivity (Wildman–Crippen MR) is 84.3 cm³/mol. The van der Waals surface area contributed by atoms with E-state index in [1.54, 1.807) is 16.5 Å². The number of aryl methyl sites for hydroxylation is 1. The minimum Gasteiger partial charge on any atom is -0.345 e. The van der Waals surface area contributed by atoms with Crippen molar-refractivity contribution in [1.29, 1.82) is 0 Å². The molecule has 9 nitrogen and oxygen atoms in total. The number of amides is 2. The lowest BCUT2D eigenvalue weighted by Crippen LogP contribution is -2.41. The fourth-order valence-corrected chi connectivity index (χ4v) is 2.64. The maximum Gasteiger partial charge on any atom is 0.274 e. The van der Waals surface area contributed by atoms with Crippen LogP contribution in [0.25, 0.3) is 0 Å². The van der Waals surface area contributed by atoms with E-state index in [1.165, 1.54) is 6.33 Å². The van der Waals surface area contributed by atoms with Crippen LogP contribution in [0.4, 0.5) is 0 Å². The summed E-state index contributed by atoms with van der Waals surface area (Å²) in [5.41, 5.74) is 2.72. The standard InChI is InChI=1S/C15H19N7O2/c1-4-21-5-6-22-13(15(21)24)11(19-20-22)7-16-14(23)12-9(2)10(3)17-8-18-12/h8H,4-7H2,1-3H3,(H,16,23). The van der Waals surface area contributed by atoms with Gasteiger partial charge < -0.3 is 10.2 Å². The van der Waals surface area contributed by atoms with Crippen molar-refractivity contribution < 1.29 is 9.59 Å². The topological polar surface area (TPSA) is 106 Å². The maximum absolute atomic E-state index is 12.4. The first kappa shape index (κ1) is 16.0. The van der Waals surface area contributed by atoms with Gasteiger partial charge in [0.15, 0.2) is 5.69 Å². The fourth-order valence-electron chi connectivity index (χ4n) is 2.64. The van der Waals surface area contributed by atoms with E-state index in [1.807, 2.05) is 13.8 Å². The van der Waals surface area contributed by atoms with E-state index in [2.05, 4.69) is 25.6 Å². The molecule has 0 bridgehead atoms. The third-order valence-electron chi connectivity index (χ3n) is 4.23. The molecule has 0 radical (unpaired) electrons. The number of carbonyl (C=O) groups is 2. The van der Waals surface area contributed by atoms with E-state index in [4.69, 9.17) is 0 Å². The van der Waals surface area contributed by atoms with Crippen LogP contribution in [0.5, 0.6) is 0 Å². The largest absolute Gasteiger partial charge is 0.345 e. The zero-order valence-electron chi connectivity index (χ0n) is 13.9. The average Bonchev–Trinajstić information content (AvgIpc) is 2.99. The van der Waals surface area contributed by atoms with Gasteiger partial charge in [-0.15, -0.1) is 5.10 Å². The molecule has 3 heterocycles. The Morgan fingerprint density at radius 2 is 2.08 bits per heavy atom. The van der Waals surface area contributed by atoms with Crippen LogP contribution in [-0.2, 0) is 13.1 Å². The molecule has 126 valence electrons. The third kappa shape index (κ3) is 2.72. The van der Waals surface area contributed by atoms with Crippen LogP contribution in [0.2, 0.25) is 0 Å². The van der Waals surface area contributed by atoms with Crippen molar-refractivity contribution in [2.24, 2.45) is 0 Å². The number of nitrogens with one attached hydrogen (secondary N) is 1. The number of hydrogen-bond donors (Lipinski definition) is 1. The molecule has 3 rings (SSSR count). The maximum atomic E-state index is 12.4. The van der Waals surface area contributed by atoms with Crippen LogP contribution in [0.15, 0.2) is 6.33 Å². The summed E-state index contributed by atoms with van der Waals surface area (Å²) in [4.78, 5) is 34.6. The third-order valence-corrected chi connectivity index (χ3v) is 4.23. The van der Waals surface area contributed by atoms with Crippen LogP contribution in [0, 0.1) is 13.8 Å². The monoisotopic (exact) mass is 329 g/mol. The predicted octanol–water partition coefficient (Wildman–Crippen LogP) is 0.0906. The molecule has 9 heteroatoms. The molecule has 2 aromatic heterocycles. The second kappa shape index (κ2) is 6.34. The highest BCUT2D eigenvalue weighted by Gasteiger charge is 2.29. The van der Waals surface area contributed by atoms with Gasteiger partial charge >= 0.3 is 0 Å². The molecule has 0 aromatic carbocycles. The summed E-state index contributed by atoms with van der Waals surface area (Å²) >= 11 is 0. The Kier molecular flexibility index (Phi) is 4.24. The van der Waals surface area contributed by atoms with Gasteiger partial charge in [-0.05, 0) is 20.8 Å². The number of likely N-dealkylation sites (N-methyl/N-ethyl adjacent to an activating group) is 1. The molecule has 1 N–H and O–H groups in total. The molecule has 0 saturated carbocycles. The van der Waals surface area contributed by atoms with Crippen molar-refractivity contribution in [3.63, 3.8) is 0 Å². The molecule has 0 aliphatic carbocycles. The fraction of sp³-hybridized carbons (Fsp3) is 0.467. The van der Waals surface area contributed by atoms with E-state index in [9.17, 15) is 9.59 Å². The highest BCUT2D eigenvalue weighted by Crippen LogP contribution is 2.15. The van der Waals surface area contributed by atoms with Crippen molar-refractivity contribution in [3.05, 3.63) is 34.7 Å². The second-order valence-corrected chi connectivity index (χ2v) is 5.61. The SMILES string of the molecule is CCN1CCn2nnc(CNC(=O)c3ncnc(C)c3C)c2C1=O. The van der Waals surface area contributed by atoms with E-state index in [0.29, 0.717) is 36.7 Å². The zero-order valence-corrected chi connectivity index (χ0v) is 13.9. The number of nitrogens with zero attached hydrogens (tertiary/aromatic N) is 6. The number of fused-ring (bicyclic) bond motifs is 1. The number of rotatable bonds is 4. The lowest BCUT2D eigenvalue weighted by Gasteiger charge is -2.26. The van der Waals surface area contributed by atoms with E-state index in [0.717, 1.165) is 11.3 Å². The van der Waals surface area contributed by atoms with Gasteiger partial charge in [0, 0.05) is 24.3 Å². The smallest absolute Gasteiger partial charge is 0.274 e. The highest BCUT2D eigenvalue weighted by molar-refractivity contribution is 5.95. The number of aromatic nitrogens is 5. The summed E-state index contributed by atoms with van der Waals surface area (Å²) in [7, 11) is 0. The van der Waals surface area contributed by atoms with E-state index in [-0.39, 0.29) is 18.4 Å². The first-order chi connectivity index (χ1) is 11.5. The first-order valence-electron chi connectivity index (χ1n) is 7.81. The molecule has 2 amide bonds. The Morgan fingerprint density at radius 3 is 2.83 bits per heavy atom. The Bertz CT molecular complexity index is 799. The minimum atomic E-state index is -0.324. The van der Waals surface area contributed by atoms with Crippen LogP contribution in [0.3, 0.4) is 0 Å². The number of hydrogen-bond acceptors (Lipinski definition) is 6. The molecule has 0 unspecified atom stereocenters. The molecule has 24 heavy (non-hydrogen) atoms. The van der Waals surface area contributed by atoms with Gasteiger partial charge in [-0.2, -0.15) is 0 Å². The Balaban J connectivity index is 1.77. The molecular formula is C15H19N7O2. The normalized spacial score (nSPS) is 13.8. The van der Waals surface area contributed by atoms with Crippen LogP contribution in [0.1, 0.15) is 44.9 Å². The van der Waals surface area contributed by atoms with Crippen molar-refractivity contribution in [2.75, 3.05) is 13.1 Å². The lowest BCUT2D eigenvalue weighted by atomic mass is 10.2. The molecule has 2 aromatic rings. The summed E-state index contributed by atoms with van der Waals surface area (Å²) in [6.07, 6.45) is 1.36. The molecule has 0 atom stereocenters. The van der Waals surface area contributed by atoms with Gasteiger partial charge in [-0.1, -0.05) is 5.21 Å². The number of carbonyl (C=O) groups excluding carboxylic acids is 2. The van der Waals surface area contributed by atoms with Gasteiger partial charge in [0.1, 0.15) is 17.7 Å². The van der Waals surface area contributed by atoms with Gasteiger partial charge in [0.05, 0.1) is 13.1 Å². The van der Waals surface area contributed by atoms with Crippen molar-refractivity contribution in [3.8, 4) is 0 Å². The van der Waals surface area contributed by atoms with Crippen molar-refractivity contribution in [1.82, 2.24) is 35.2 Å². The van der Waals surface area contributed by atoms with Crippen molar-refractivity contribution >= 4 is 11.8 Å². The van der Waals surface area contributed by atoms with Gasteiger partial charge in [0.25, 0.3) is 11.8 Å². The van der Waals surface area contributed by atoms with Crippen LogP contribution >= 0.6 is 0 Å². The molecule has 1 aliphatic heterocycles. The summed E-state index contributed by atoms with van der Waals surface area (Å²) in [6.45, 7) is 7.54. The highest BCUT2D eigenvalue weighted by atomic mass is 16.2. The van der Waals surface area contributed by atoms with Gasteiger partial charge in [-0.25, -0.2) is 14.6 Å². The Morgan fingerprint density at radius 1 is 1.29 bits per heavy atom. The molecule has 0 fully saturated rings. The van der Waals surface area contributed by atoms with Crippen molar-refractivity contribution in [2.45, 2.75) is 33.9 Å². The molecule has 1 aliphatic rings. The average molecular weight is 329 g/mol. The Labute approximate surface area is 139 Å². The summed E-state index contributed by atoms with van der Waals surface area (Å²) in [6, 6.07) is 0. The Hall–Kier alpha value is -2.84. The van der Waals surface area contributed by atoms with E-state index >= 15 is 0 Å². The summed E-state index contributed by atoms with van der Waals surface area (Å²) < 4.78 is 1.59. The molecule has 0 spiro atoms. The lowest BCUT2D eigenvalue weighted by molar-refractivity contribution is 0.0705. The first-order valence-corrected chi connectivity index (χ1v) is 7.81. The van der Waals surface area contributed by atoms with E-state index < -0.39 is 0 Å². The summed E-state index contributed by atoms with van der Waals surface area (Å²) in [5, 5.41) is 10.8. The van der Waals surface area contributed by atoms with Gasteiger partial charge in [0.2, 0.25) is 0 Å². The van der Waals surface area contributed by atoms with Crippen LogP contribution in [-0.4, -0.2) is 54.8 Å². The van der Waals surface area contributed by atoms with Crippen LogP contribution < -0.4 is 5.32 Å².